The van der Waals surface area contributed by atoms with Crippen LogP contribution in [0.25, 0.3) is 21.5 Å². The monoisotopic (exact) mass is 985 g/mol. The molecule has 1 saturated carbocycles. The van der Waals surface area contributed by atoms with Gasteiger partial charge in [-0.3, -0.25) is 0 Å². The molecule has 1 aliphatic carbocycles. The molecule has 1 heterocycles. The van der Waals surface area contributed by atoms with Crippen LogP contribution < -0.4 is 9.80 Å². The van der Waals surface area contributed by atoms with Gasteiger partial charge in [0.2, 0.25) is 0 Å². The molecule has 1 spiro atoms. The van der Waals surface area contributed by atoms with E-state index < -0.39 is 0 Å². The molecule has 0 saturated heterocycles. The Morgan fingerprint density at radius 2 is 0.857 bits per heavy atom. The fourth-order valence-corrected chi connectivity index (χ4v) is 12.0. The van der Waals surface area contributed by atoms with E-state index in [1.165, 1.54) is 183 Å². The minimum atomic E-state index is 0.00266. The SMILES string of the molecule is CCCCCCCCCCCCN1c2cccc3c(/N=N/c4ccc(/N=N/c5ccc(CCCCC)c(Cl)c5Cl)c5ccccc45)ccc(c23)N(CCCCCCCCCCCC)C12CCC(C)CC2. The maximum Gasteiger partial charge on any atom is 0.113 e. The van der Waals surface area contributed by atoms with Crippen molar-refractivity contribution in [2.75, 3.05) is 22.9 Å². The highest BCUT2D eigenvalue weighted by molar-refractivity contribution is 6.44. The quantitative estimate of drug-likeness (QED) is 0.0340. The summed E-state index contributed by atoms with van der Waals surface area (Å²) in [5.41, 5.74) is 6.85. The number of fused-ring (bicyclic) bond motifs is 1. The van der Waals surface area contributed by atoms with Crippen LogP contribution in [0.5, 0.6) is 0 Å². The molecule has 0 N–H and O–H groups in total. The molecule has 5 aromatic rings. The maximum atomic E-state index is 6.75. The molecule has 70 heavy (non-hydrogen) atoms. The molecular formula is C62H86Cl2N6. The molecule has 7 rings (SSSR count). The summed E-state index contributed by atoms with van der Waals surface area (Å²) in [6.07, 6.45) is 36.4. The molecule has 8 heteroatoms. The van der Waals surface area contributed by atoms with Crippen LogP contribution in [0.1, 0.15) is 207 Å². The average Bonchev–Trinajstić information content (AvgIpc) is 3.38. The summed E-state index contributed by atoms with van der Waals surface area (Å²) in [5, 5.41) is 24.9. The summed E-state index contributed by atoms with van der Waals surface area (Å²) in [4.78, 5) is 5.81. The number of benzene rings is 5. The van der Waals surface area contributed by atoms with E-state index in [0.717, 1.165) is 71.7 Å². The summed E-state index contributed by atoms with van der Waals surface area (Å²) in [7, 11) is 0. The number of hydrogen-bond acceptors (Lipinski definition) is 6. The van der Waals surface area contributed by atoms with Gasteiger partial charge in [-0.15, -0.1) is 20.5 Å². The topological polar surface area (TPSA) is 55.9 Å². The largest absolute Gasteiger partial charge is 0.348 e. The molecule has 0 aromatic heterocycles. The first-order valence-electron chi connectivity index (χ1n) is 28.3. The van der Waals surface area contributed by atoms with Gasteiger partial charge in [0.1, 0.15) is 11.4 Å². The first kappa shape index (κ1) is 53.8. The van der Waals surface area contributed by atoms with Gasteiger partial charge >= 0.3 is 0 Å². The van der Waals surface area contributed by atoms with Gasteiger partial charge in [0.15, 0.2) is 0 Å². The lowest BCUT2D eigenvalue weighted by Crippen LogP contribution is -2.65. The van der Waals surface area contributed by atoms with Gasteiger partial charge in [-0.25, -0.2) is 0 Å². The lowest BCUT2D eigenvalue weighted by molar-refractivity contribution is 0.216. The Hall–Kier alpha value is -4.00. The van der Waals surface area contributed by atoms with E-state index >= 15 is 0 Å². The van der Waals surface area contributed by atoms with Crippen molar-refractivity contribution < 1.29 is 0 Å². The molecule has 5 aromatic carbocycles. The summed E-state index contributed by atoms with van der Waals surface area (Å²) < 4.78 is 0. The average molecular weight is 986 g/mol. The Morgan fingerprint density at radius 3 is 1.39 bits per heavy atom. The fourth-order valence-electron chi connectivity index (χ4n) is 11.5. The lowest BCUT2D eigenvalue weighted by atomic mass is 9.78. The van der Waals surface area contributed by atoms with Crippen LogP contribution in [0.3, 0.4) is 0 Å². The first-order valence-corrected chi connectivity index (χ1v) is 29.1. The molecule has 0 bridgehead atoms. The number of azo groups is 2. The predicted octanol–water partition coefficient (Wildman–Crippen LogP) is 22.2. The second kappa shape index (κ2) is 28.3. The van der Waals surface area contributed by atoms with E-state index in [2.05, 4.69) is 85.1 Å². The van der Waals surface area contributed by atoms with Crippen molar-refractivity contribution in [3.05, 3.63) is 94.5 Å². The Kier molecular flexibility index (Phi) is 21.7. The van der Waals surface area contributed by atoms with Crippen LogP contribution in [-0.4, -0.2) is 18.8 Å². The third-order valence-corrected chi connectivity index (χ3v) is 16.6. The number of halogens is 2. The minimum Gasteiger partial charge on any atom is -0.348 e. The van der Waals surface area contributed by atoms with E-state index in [9.17, 15) is 0 Å². The second-order valence-electron chi connectivity index (χ2n) is 21.0. The number of aryl methyl sites for hydroxylation is 1. The van der Waals surface area contributed by atoms with Gasteiger partial charge in [0, 0.05) is 46.0 Å². The molecule has 1 aliphatic heterocycles. The molecule has 2 aliphatic rings. The van der Waals surface area contributed by atoms with E-state index in [4.69, 9.17) is 38.5 Å². The zero-order valence-electron chi connectivity index (χ0n) is 43.7. The van der Waals surface area contributed by atoms with Crippen molar-refractivity contribution >= 4 is 78.9 Å². The highest BCUT2D eigenvalue weighted by Gasteiger charge is 2.48. The number of hydrogen-bond donors (Lipinski definition) is 0. The standard InChI is InChI=1S/C62H86Cl2N6/c1-5-8-11-13-15-17-19-21-23-28-46-69-57-35-30-34-52-55(40-41-58(59(52)57)70(62(69)44-42-48(4)43-45-62)47-29-24-22-20-18-16-14-12-9-6-2)67-65-53-38-39-54(51-33-27-26-32-50(51)53)66-68-56-37-36-49(31-25-10-7-3)60(63)61(56)64/h26-27,30,32-41,48H,5-25,28-29,31,42-47H2,1-4H3/b67-65+,68-66+. The van der Waals surface area contributed by atoms with Crippen LogP contribution in [-0.2, 0) is 6.42 Å². The van der Waals surface area contributed by atoms with Crippen molar-refractivity contribution in [2.45, 2.75) is 213 Å². The Balaban J connectivity index is 1.15. The van der Waals surface area contributed by atoms with E-state index in [1.54, 1.807) is 0 Å². The van der Waals surface area contributed by atoms with Gasteiger partial charge in [-0.05, 0) is 99.2 Å². The lowest BCUT2D eigenvalue weighted by Gasteiger charge is -2.59. The van der Waals surface area contributed by atoms with Gasteiger partial charge < -0.3 is 9.80 Å². The molecule has 0 unspecified atom stereocenters. The third-order valence-electron chi connectivity index (χ3n) is 15.7. The van der Waals surface area contributed by atoms with Crippen LogP contribution in [0.2, 0.25) is 10.0 Å². The van der Waals surface area contributed by atoms with E-state index in [1.807, 2.05) is 36.4 Å². The van der Waals surface area contributed by atoms with Crippen LogP contribution in [0.4, 0.5) is 34.1 Å². The Bertz CT molecular complexity index is 2400. The summed E-state index contributed by atoms with van der Waals surface area (Å²) >= 11 is 13.5. The highest BCUT2D eigenvalue weighted by atomic mass is 35.5. The molecule has 6 nitrogen and oxygen atoms in total. The summed E-state index contributed by atoms with van der Waals surface area (Å²) in [6, 6.07) is 27.8. The molecule has 378 valence electrons. The van der Waals surface area contributed by atoms with Gasteiger partial charge in [0.05, 0.1) is 27.1 Å². The minimum absolute atomic E-state index is 0.00266. The van der Waals surface area contributed by atoms with Crippen molar-refractivity contribution in [3.8, 4) is 0 Å². The molecule has 0 radical (unpaired) electrons. The molecule has 0 amide bonds. The maximum absolute atomic E-state index is 6.75. The number of unbranched alkanes of at least 4 members (excludes halogenated alkanes) is 20. The zero-order chi connectivity index (χ0) is 49.0. The molecule has 0 atom stereocenters. The predicted molar refractivity (Wildman–Crippen MR) is 305 cm³/mol. The molecular weight excluding hydrogens is 900 g/mol. The summed E-state index contributed by atoms with van der Waals surface area (Å²) in [6.45, 7) is 11.5. The smallest absolute Gasteiger partial charge is 0.113 e. The number of anilines is 2. The number of rotatable bonds is 30. The van der Waals surface area contributed by atoms with E-state index in [-0.39, 0.29) is 5.66 Å². The van der Waals surface area contributed by atoms with Crippen molar-refractivity contribution in [1.82, 2.24) is 0 Å². The van der Waals surface area contributed by atoms with E-state index in [0.29, 0.717) is 15.7 Å². The van der Waals surface area contributed by atoms with Crippen molar-refractivity contribution in [3.63, 3.8) is 0 Å². The highest BCUT2D eigenvalue weighted by Crippen LogP contribution is 2.53. The summed E-state index contributed by atoms with van der Waals surface area (Å²) in [5.74, 6) is 0.770. The van der Waals surface area contributed by atoms with Crippen LogP contribution >= 0.6 is 23.2 Å². The Labute approximate surface area is 433 Å². The third kappa shape index (κ3) is 13.9. The second-order valence-corrected chi connectivity index (χ2v) is 21.8. The van der Waals surface area contributed by atoms with Gasteiger partial charge in [0.25, 0.3) is 0 Å². The first-order chi connectivity index (χ1) is 34.4. The van der Waals surface area contributed by atoms with Crippen molar-refractivity contribution in [1.29, 1.82) is 0 Å². The normalized spacial score (nSPS) is 17.1. The fraction of sp³-hybridized carbons (Fsp3) is 0.581. The molecule has 1 fully saturated rings. The van der Waals surface area contributed by atoms with Crippen LogP contribution in [0.15, 0.2) is 99.3 Å². The van der Waals surface area contributed by atoms with Gasteiger partial charge in [-0.1, -0.05) is 222 Å². The zero-order valence-corrected chi connectivity index (χ0v) is 45.2. The Morgan fingerprint density at radius 1 is 0.443 bits per heavy atom. The van der Waals surface area contributed by atoms with Gasteiger partial charge in [-0.2, -0.15) is 0 Å². The van der Waals surface area contributed by atoms with Crippen molar-refractivity contribution in [2.24, 2.45) is 26.4 Å². The number of nitrogens with zero attached hydrogens (tertiary/aromatic N) is 6. The van der Waals surface area contributed by atoms with Crippen LogP contribution in [0, 0.1) is 5.92 Å².